The molecule has 0 saturated carbocycles. The number of carbonyl (C=O) groups is 1. The van der Waals surface area contributed by atoms with Crippen LogP contribution in [0, 0.1) is 6.92 Å². The minimum Gasteiger partial charge on any atom is -0.497 e. The third-order valence-corrected chi connectivity index (χ3v) is 5.54. The van der Waals surface area contributed by atoms with Crippen molar-refractivity contribution in [3.63, 3.8) is 0 Å². The van der Waals surface area contributed by atoms with Crippen molar-refractivity contribution < 1.29 is 9.53 Å². The molecule has 0 fully saturated rings. The van der Waals surface area contributed by atoms with Crippen LogP contribution >= 0.6 is 11.3 Å². The highest BCUT2D eigenvalue weighted by Gasteiger charge is 2.10. The SMILES string of the molecule is COc1ccc(CCC(=O)NCc2nc(C)c(Cc3ccccc3)s2)cc1. The van der Waals surface area contributed by atoms with E-state index in [1.807, 2.05) is 37.3 Å². The Balaban J connectivity index is 1.47. The molecule has 0 aliphatic rings. The average Bonchev–Trinajstić information content (AvgIpc) is 3.05. The minimum atomic E-state index is 0.0447. The monoisotopic (exact) mass is 380 g/mol. The Hall–Kier alpha value is -2.66. The molecule has 1 N–H and O–H groups in total. The van der Waals surface area contributed by atoms with Gasteiger partial charge in [-0.15, -0.1) is 11.3 Å². The highest BCUT2D eigenvalue weighted by atomic mass is 32.1. The summed E-state index contributed by atoms with van der Waals surface area (Å²) in [5.74, 6) is 0.872. The van der Waals surface area contributed by atoms with Gasteiger partial charge >= 0.3 is 0 Å². The summed E-state index contributed by atoms with van der Waals surface area (Å²) in [5.41, 5.74) is 3.45. The average molecular weight is 381 g/mol. The Morgan fingerprint density at radius 3 is 2.52 bits per heavy atom. The molecule has 1 heterocycles. The Morgan fingerprint density at radius 1 is 1.07 bits per heavy atom. The summed E-state index contributed by atoms with van der Waals surface area (Å²) in [4.78, 5) is 18.0. The molecule has 27 heavy (non-hydrogen) atoms. The van der Waals surface area contributed by atoms with E-state index in [1.54, 1.807) is 18.4 Å². The van der Waals surface area contributed by atoms with Crippen LogP contribution in [0.25, 0.3) is 0 Å². The molecular weight excluding hydrogens is 356 g/mol. The maximum Gasteiger partial charge on any atom is 0.220 e. The summed E-state index contributed by atoms with van der Waals surface area (Å²) in [5, 5.41) is 3.94. The number of amides is 1. The van der Waals surface area contributed by atoms with Crippen LogP contribution in [0.5, 0.6) is 5.75 Å². The van der Waals surface area contributed by atoms with Gasteiger partial charge in [0, 0.05) is 17.7 Å². The number of nitrogens with zero attached hydrogens (tertiary/aromatic N) is 1. The fraction of sp³-hybridized carbons (Fsp3) is 0.273. The molecule has 3 aromatic rings. The molecular formula is C22H24N2O2S. The van der Waals surface area contributed by atoms with Gasteiger partial charge < -0.3 is 10.1 Å². The van der Waals surface area contributed by atoms with Crippen LogP contribution in [0.3, 0.4) is 0 Å². The molecule has 2 aromatic carbocycles. The number of hydrogen-bond donors (Lipinski definition) is 1. The van der Waals surface area contributed by atoms with E-state index in [4.69, 9.17) is 4.74 Å². The van der Waals surface area contributed by atoms with Gasteiger partial charge in [-0.05, 0) is 36.6 Å². The summed E-state index contributed by atoms with van der Waals surface area (Å²) >= 11 is 1.68. The lowest BCUT2D eigenvalue weighted by Gasteiger charge is -2.05. The van der Waals surface area contributed by atoms with Crippen molar-refractivity contribution in [2.75, 3.05) is 7.11 Å². The fourth-order valence-corrected chi connectivity index (χ4v) is 3.87. The molecule has 1 amide bonds. The highest BCUT2D eigenvalue weighted by Crippen LogP contribution is 2.21. The quantitative estimate of drug-likeness (QED) is 0.634. The first kappa shape index (κ1) is 19.1. The molecule has 1 aromatic heterocycles. The van der Waals surface area contributed by atoms with Crippen LogP contribution in [0.2, 0.25) is 0 Å². The van der Waals surface area contributed by atoms with Gasteiger partial charge in [-0.1, -0.05) is 42.5 Å². The van der Waals surface area contributed by atoms with Crippen LogP contribution in [0.4, 0.5) is 0 Å². The van der Waals surface area contributed by atoms with Gasteiger partial charge in [0.05, 0.1) is 19.3 Å². The van der Waals surface area contributed by atoms with Gasteiger partial charge in [-0.2, -0.15) is 0 Å². The Morgan fingerprint density at radius 2 is 1.81 bits per heavy atom. The zero-order valence-corrected chi connectivity index (χ0v) is 16.5. The maximum absolute atomic E-state index is 12.1. The van der Waals surface area contributed by atoms with Crippen molar-refractivity contribution in [3.05, 3.63) is 81.3 Å². The van der Waals surface area contributed by atoms with E-state index in [0.717, 1.165) is 28.4 Å². The van der Waals surface area contributed by atoms with Gasteiger partial charge in [0.25, 0.3) is 0 Å². The summed E-state index contributed by atoms with van der Waals surface area (Å²) in [7, 11) is 1.65. The summed E-state index contributed by atoms with van der Waals surface area (Å²) in [6, 6.07) is 18.2. The number of thiazole rings is 1. The van der Waals surface area contributed by atoms with E-state index in [-0.39, 0.29) is 5.91 Å². The largest absolute Gasteiger partial charge is 0.497 e. The van der Waals surface area contributed by atoms with Crippen molar-refractivity contribution in [1.82, 2.24) is 10.3 Å². The van der Waals surface area contributed by atoms with Crippen molar-refractivity contribution in [2.45, 2.75) is 32.7 Å². The van der Waals surface area contributed by atoms with E-state index >= 15 is 0 Å². The smallest absolute Gasteiger partial charge is 0.220 e. The molecule has 0 bridgehead atoms. The third-order valence-electron chi connectivity index (χ3n) is 4.38. The van der Waals surface area contributed by atoms with Crippen molar-refractivity contribution in [2.24, 2.45) is 0 Å². The van der Waals surface area contributed by atoms with Crippen molar-refractivity contribution in [1.29, 1.82) is 0 Å². The predicted octanol–water partition coefficient (Wildman–Crippen LogP) is 4.30. The number of aromatic nitrogens is 1. The lowest BCUT2D eigenvalue weighted by atomic mass is 10.1. The first-order chi connectivity index (χ1) is 13.1. The van der Waals surface area contributed by atoms with Gasteiger partial charge in [0.15, 0.2) is 0 Å². The normalized spacial score (nSPS) is 10.6. The number of hydrogen-bond acceptors (Lipinski definition) is 4. The van der Waals surface area contributed by atoms with Gasteiger partial charge in [0.1, 0.15) is 10.8 Å². The van der Waals surface area contributed by atoms with Crippen molar-refractivity contribution in [3.8, 4) is 5.75 Å². The van der Waals surface area contributed by atoms with Crippen LogP contribution in [0.15, 0.2) is 54.6 Å². The Labute approximate surface area is 164 Å². The molecule has 0 aliphatic heterocycles. The molecule has 0 radical (unpaired) electrons. The lowest BCUT2D eigenvalue weighted by Crippen LogP contribution is -2.22. The molecule has 0 aliphatic carbocycles. The van der Waals surface area contributed by atoms with Crippen LogP contribution in [0.1, 0.15) is 33.1 Å². The standard InChI is InChI=1S/C22H24N2O2S/c1-16-20(14-18-6-4-3-5-7-18)27-22(24-16)15-23-21(25)13-10-17-8-11-19(26-2)12-9-17/h3-9,11-12H,10,13-15H2,1-2H3,(H,23,25). The number of ether oxygens (including phenoxy) is 1. The number of aryl methyl sites for hydroxylation is 2. The zero-order valence-electron chi connectivity index (χ0n) is 15.7. The summed E-state index contributed by atoms with van der Waals surface area (Å²) in [6.45, 7) is 2.52. The van der Waals surface area contributed by atoms with E-state index in [1.165, 1.54) is 10.4 Å². The molecule has 4 nitrogen and oxygen atoms in total. The second-order valence-corrected chi connectivity index (χ2v) is 7.57. The molecule has 140 valence electrons. The highest BCUT2D eigenvalue weighted by molar-refractivity contribution is 7.11. The Bertz CT molecular complexity index is 873. The third kappa shape index (κ3) is 5.66. The summed E-state index contributed by atoms with van der Waals surface area (Å²) in [6.07, 6.45) is 2.06. The van der Waals surface area contributed by atoms with Gasteiger partial charge in [-0.25, -0.2) is 4.98 Å². The van der Waals surface area contributed by atoms with Crippen molar-refractivity contribution >= 4 is 17.2 Å². The predicted molar refractivity (Wildman–Crippen MR) is 109 cm³/mol. The molecule has 5 heteroatoms. The van der Waals surface area contributed by atoms with Crippen LogP contribution in [-0.2, 0) is 24.2 Å². The second-order valence-electron chi connectivity index (χ2n) is 6.40. The number of methoxy groups -OCH3 is 1. The lowest BCUT2D eigenvalue weighted by molar-refractivity contribution is -0.121. The number of rotatable bonds is 8. The molecule has 0 saturated heterocycles. The van der Waals surface area contributed by atoms with E-state index in [2.05, 4.69) is 34.6 Å². The second kappa shape index (κ2) is 9.33. The topological polar surface area (TPSA) is 51.2 Å². The molecule has 0 unspecified atom stereocenters. The van der Waals surface area contributed by atoms with E-state index < -0.39 is 0 Å². The van der Waals surface area contributed by atoms with Crippen LogP contribution in [-0.4, -0.2) is 18.0 Å². The first-order valence-corrected chi connectivity index (χ1v) is 9.84. The summed E-state index contributed by atoms with van der Waals surface area (Å²) < 4.78 is 5.15. The molecule has 0 atom stereocenters. The molecule has 0 spiro atoms. The van der Waals surface area contributed by atoms with Gasteiger partial charge in [-0.3, -0.25) is 4.79 Å². The maximum atomic E-state index is 12.1. The Kier molecular flexibility index (Phi) is 6.60. The number of benzene rings is 2. The van der Waals surface area contributed by atoms with Crippen LogP contribution < -0.4 is 10.1 Å². The molecule has 3 rings (SSSR count). The van der Waals surface area contributed by atoms with E-state index in [0.29, 0.717) is 19.4 Å². The van der Waals surface area contributed by atoms with E-state index in [9.17, 15) is 4.79 Å². The minimum absolute atomic E-state index is 0.0447. The first-order valence-electron chi connectivity index (χ1n) is 9.03. The van der Waals surface area contributed by atoms with Gasteiger partial charge in [0.2, 0.25) is 5.91 Å². The zero-order chi connectivity index (χ0) is 19.1. The fourth-order valence-electron chi connectivity index (χ4n) is 2.82. The number of carbonyl (C=O) groups excluding carboxylic acids is 1. The number of nitrogens with one attached hydrogen (secondary N) is 1.